The smallest absolute Gasteiger partial charge is 0.154 e. The lowest BCUT2D eigenvalue weighted by atomic mass is 10.1. The molecule has 0 aromatic heterocycles. The van der Waals surface area contributed by atoms with E-state index in [-0.39, 0.29) is 73.5 Å². The van der Waals surface area contributed by atoms with E-state index in [4.69, 9.17) is 52.4 Å². The van der Waals surface area contributed by atoms with Crippen molar-refractivity contribution in [1.29, 1.82) is 0 Å². The third-order valence-electron chi connectivity index (χ3n) is 13.1. The summed E-state index contributed by atoms with van der Waals surface area (Å²) < 4.78 is 42.0. The molecular formula is C70H66Cl5I14N5O10. The third-order valence-corrected chi connectivity index (χ3v) is 24.7. The molecule has 10 rings (SSSR count). The molecular weight excluding hydrogens is 3020 g/mol. The second-order valence-corrected chi connectivity index (χ2v) is 36.9. The van der Waals surface area contributed by atoms with E-state index < -0.39 is 0 Å². The minimum atomic E-state index is 0. The monoisotopic (exact) mass is 3090 g/mol. The first-order valence-electron chi connectivity index (χ1n) is 29.2. The van der Waals surface area contributed by atoms with Crippen LogP contribution in [0.25, 0.3) is 0 Å². The Hall–Kier alpha value is 1.67. The molecule has 0 unspecified atom stereocenters. The van der Waals surface area contributed by atoms with Crippen LogP contribution >= 0.6 is 378 Å². The van der Waals surface area contributed by atoms with E-state index >= 15 is 0 Å². The fourth-order valence-electron chi connectivity index (χ4n) is 8.36. The maximum atomic E-state index is 9.82. The molecule has 0 aliphatic heterocycles. The summed E-state index contributed by atoms with van der Waals surface area (Å²) in [6.45, 7) is 3.22. The van der Waals surface area contributed by atoms with Gasteiger partial charge in [-0.05, 0) is 542 Å². The number of phenolic OH excluding ortho intramolecular Hbond substituents is 5. The van der Waals surface area contributed by atoms with Gasteiger partial charge in [-0.15, -0.1) is 62.0 Å². The molecule has 0 fully saturated rings. The van der Waals surface area contributed by atoms with Gasteiger partial charge in [0.15, 0.2) is 11.5 Å². The Morgan fingerprint density at radius 1 is 0.221 bits per heavy atom. The van der Waals surface area contributed by atoms with Gasteiger partial charge in [0.05, 0.1) is 50.0 Å². The number of ether oxygens (including phenoxy) is 5. The van der Waals surface area contributed by atoms with Crippen LogP contribution in [0.4, 0.5) is 0 Å². The molecule has 0 radical (unpaired) electrons. The molecule has 0 saturated heterocycles. The maximum Gasteiger partial charge on any atom is 0.154 e. The van der Waals surface area contributed by atoms with Gasteiger partial charge in [0.25, 0.3) is 0 Å². The first-order chi connectivity index (χ1) is 47.1. The van der Waals surface area contributed by atoms with Gasteiger partial charge in [-0.2, -0.15) is 0 Å². The molecule has 0 spiro atoms. The summed E-state index contributed by atoms with van der Waals surface area (Å²) in [4.78, 5) is 0. The lowest BCUT2D eigenvalue weighted by molar-refractivity contribution is 0.455. The molecule has 0 bridgehead atoms. The molecule has 0 saturated carbocycles. The maximum absolute atomic E-state index is 9.82. The van der Waals surface area contributed by atoms with Gasteiger partial charge in [-0.1, -0.05) is 24.3 Å². The molecule has 564 valence electrons. The average Bonchev–Trinajstić information content (AvgIpc) is 0.823. The van der Waals surface area contributed by atoms with Crippen molar-refractivity contribution in [1.82, 2.24) is 0 Å². The van der Waals surface area contributed by atoms with E-state index in [9.17, 15) is 25.5 Å². The first-order valence-corrected chi connectivity index (χ1v) is 44.3. The third kappa shape index (κ3) is 34.2. The molecule has 0 heterocycles. The minimum absolute atomic E-state index is 0. The zero-order chi connectivity index (χ0) is 72.6. The predicted molar refractivity (Wildman–Crippen MR) is 551 cm³/mol. The van der Waals surface area contributed by atoms with Crippen LogP contribution in [0.15, 0.2) is 158 Å². The topological polar surface area (TPSA) is 277 Å². The molecule has 0 aliphatic carbocycles. The van der Waals surface area contributed by atoms with Gasteiger partial charge in [0.1, 0.15) is 74.7 Å². The number of halogens is 19. The molecule has 10 aromatic rings. The second-order valence-electron chi connectivity index (χ2n) is 20.6. The van der Waals surface area contributed by atoms with Crippen LogP contribution in [0.1, 0.15) is 27.8 Å². The molecule has 34 heteroatoms. The Bertz CT molecular complexity index is 4290. The van der Waals surface area contributed by atoms with E-state index in [2.05, 4.69) is 353 Å². The zero-order valence-electron chi connectivity index (χ0n) is 53.6. The number of aromatic hydroxyl groups is 5. The SMILES string of the molecule is Cl.Cl.Cl.Cl.Cl.NCCc1cc(I)c(Oc2cc(I)c(O)c(I)c2)c(I)c1.NCCc1cc(I)c(Oc2ccc(O)c(I)c2)c(I)c1.NCCc1ccc(Oc2cc(I)c(O)c(I)c2)c(I)c1.NCCc1ccc(Oc2cc(I)c(O)c(I)c2)cc1.NCCc1ccc(Oc2ccc(O)c(I)c2)c(I)c1. The van der Waals surface area contributed by atoms with E-state index in [1.165, 1.54) is 27.8 Å². The van der Waals surface area contributed by atoms with E-state index in [1.54, 1.807) is 30.3 Å². The number of benzene rings is 10. The van der Waals surface area contributed by atoms with Crippen LogP contribution in [0.5, 0.6) is 86.2 Å². The van der Waals surface area contributed by atoms with Crippen LogP contribution in [0.2, 0.25) is 0 Å². The molecule has 15 nitrogen and oxygen atoms in total. The Morgan fingerprint density at radius 2 is 0.462 bits per heavy atom. The molecule has 104 heavy (non-hydrogen) atoms. The van der Waals surface area contributed by atoms with Crippen LogP contribution in [0, 0.1) is 50.0 Å². The van der Waals surface area contributed by atoms with E-state index in [0.717, 1.165) is 134 Å². The van der Waals surface area contributed by atoms with Gasteiger partial charge < -0.3 is 77.9 Å². The van der Waals surface area contributed by atoms with Crippen molar-refractivity contribution in [3.05, 3.63) is 236 Å². The fraction of sp³-hybridized carbons (Fsp3) is 0.143. The van der Waals surface area contributed by atoms with Gasteiger partial charge in [-0.3, -0.25) is 0 Å². The average molecular weight is 3090 g/mol. The Morgan fingerprint density at radius 3 is 0.779 bits per heavy atom. The highest BCUT2D eigenvalue weighted by molar-refractivity contribution is 14.1. The van der Waals surface area contributed by atoms with Gasteiger partial charge >= 0.3 is 0 Å². The van der Waals surface area contributed by atoms with Crippen LogP contribution in [0.3, 0.4) is 0 Å². The van der Waals surface area contributed by atoms with Crippen molar-refractivity contribution in [2.24, 2.45) is 28.7 Å². The fourth-order valence-corrected chi connectivity index (χ4v) is 20.1. The molecule has 0 aliphatic rings. The normalized spacial score (nSPS) is 10.1. The van der Waals surface area contributed by atoms with Crippen molar-refractivity contribution < 1.29 is 49.2 Å². The number of phenols is 5. The Balaban J connectivity index is 0.000000643. The first kappa shape index (κ1) is 104. The molecule has 15 N–H and O–H groups in total. The van der Waals surface area contributed by atoms with Crippen molar-refractivity contribution in [3.8, 4) is 86.2 Å². The van der Waals surface area contributed by atoms with Gasteiger partial charge in [-0.25, -0.2) is 0 Å². The standard InChI is InChI=1S/C14H11I4NO2.2C14H12I3NO2.2C14H13I2NO2.5ClH/c15-9-5-8(6-10(16)13(9)20)21-14-11(17)3-7(1-2-19)4-12(14)18;15-10-7-9(1-2-13(10)19)20-14-11(16)5-8(3-4-18)6-12(14)17;15-10-5-8(3-4-18)1-2-13(10)20-9-6-11(16)14(19)12(17)7-9;15-11-8-10(2-3-13(11)18)19-14-4-1-9(5-6-17)7-12(14)16;15-12-7-11(8-13(16)14(12)18)19-10-3-1-9(2-4-10)5-6-17;;;;;/h3-6,20H,1-2,19H2;2*1-2,5-7,19H,3-4,18H2;2*1-4,7-8,18H,5-6,17H2;5*1H. The summed E-state index contributed by atoms with van der Waals surface area (Å²) in [7, 11) is 0. The Labute approximate surface area is 827 Å². The largest absolute Gasteiger partial charge is 0.507 e. The van der Waals surface area contributed by atoms with Crippen molar-refractivity contribution >= 4 is 378 Å². The Kier molecular flexibility index (Phi) is 53.6. The highest BCUT2D eigenvalue weighted by Gasteiger charge is 2.16. The van der Waals surface area contributed by atoms with E-state index in [0.29, 0.717) is 55.7 Å². The predicted octanol–water partition coefficient (Wildman–Crippen LogP) is 24.0. The highest BCUT2D eigenvalue weighted by atomic mass is 127. The minimum Gasteiger partial charge on any atom is -0.507 e. The summed E-state index contributed by atoms with van der Waals surface area (Å²) in [6, 6.07) is 49.7. The van der Waals surface area contributed by atoms with E-state index in [1.807, 2.05) is 91.0 Å². The molecule has 0 amide bonds. The molecule has 0 atom stereocenters. The summed E-state index contributed by atoms with van der Waals surface area (Å²) in [5.74, 6) is 9.10. The van der Waals surface area contributed by atoms with Crippen molar-refractivity contribution in [3.63, 3.8) is 0 Å². The summed E-state index contributed by atoms with van der Waals surface area (Å²) in [5.41, 5.74) is 33.9. The van der Waals surface area contributed by atoms with Crippen LogP contribution < -0.4 is 52.4 Å². The quantitative estimate of drug-likeness (QED) is 0.0318. The lowest BCUT2D eigenvalue weighted by Gasteiger charge is -2.13. The van der Waals surface area contributed by atoms with Crippen molar-refractivity contribution in [2.75, 3.05) is 32.7 Å². The van der Waals surface area contributed by atoms with Gasteiger partial charge in [0, 0.05) is 0 Å². The number of nitrogens with two attached hydrogens (primary N) is 5. The molecule has 10 aromatic carbocycles. The van der Waals surface area contributed by atoms with Crippen LogP contribution in [-0.4, -0.2) is 58.3 Å². The zero-order valence-corrected chi connectivity index (χ0v) is 87.9. The lowest BCUT2D eigenvalue weighted by Crippen LogP contribution is -2.04. The summed E-state index contributed by atoms with van der Waals surface area (Å²) in [6.07, 6.45) is 4.33. The highest BCUT2D eigenvalue weighted by Crippen LogP contribution is 2.40. The van der Waals surface area contributed by atoms with Crippen LogP contribution in [-0.2, 0) is 32.1 Å². The summed E-state index contributed by atoms with van der Waals surface area (Å²) in [5, 5.41) is 48.3. The number of rotatable bonds is 20. The number of hydrogen-bond acceptors (Lipinski definition) is 15. The second kappa shape index (κ2) is 53.7. The van der Waals surface area contributed by atoms with Gasteiger partial charge in [0.2, 0.25) is 0 Å². The van der Waals surface area contributed by atoms with Crippen molar-refractivity contribution in [2.45, 2.75) is 32.1 Å². The summed E-state index contributed by atoms with van der Waals surface area (Å²) >= 11 is 30.3. The number of hydrogen-bond donors (Lipinski definition) is 10.